The van der Waals surface area contributed by atoms with Crippen molar-refractivity contribution in [3.8, 4) is 0 Å². The van der Waals surface area contributed by atoms with E-state index in [2.05, 4.69) is 14.1 Å². The van der Waals surface area contributed by atoms with Crippen molar-refractivity contribution in [2.75, 3.05) is 7.11 Å². The Labute approximate surface area is 91.2 Å². The number of rotatable bonds is 4. The van der Waals surface area contributed by atoms with E-state index in [1.54, 1.807) is 11.8 Å². The molecule has 0 bridgehead atoms. The van der Waals surface area contributed by atoms with Gasteiger partial charge >= 0.3 is 5.97 Å². The van der Waals surface area contributed by atoms with Crippen LogP contribution in [0.4, 0.5) is 0 Å². The normalized spacial score (nSPS) is 14.8. The number of thioether (sulfide) groups is 1. The number of hydrogen-bond acceptors (Lipinski definition) is 6. The maximum Gasteiger partial charge on any atom is 0.309 e. The van der Waals surface area contributed by atoms with Gasteiger partial charge in [0.15, 0.2) is 4.34 Å². The molecule has 0 saturated carbocycles. The second-order valence-corrected chi connectivity index (χ2v) is 5.25. The number of aromatic nitrogens is 2. The van der Waals surface area contributed by atoms with Crippen molar-refractivity contribution in [1.29, 1.82) is 0 Å². The molecule has 0 spiro atoms. The van der Waals surface area contributed by atoms with E-state index in [0.29, 0.717) is 0 Å². The first-order valence-electron chi connectivity index (χ1n) is 4.16. The number of nitrogens with zero attached hydrogens (tertiary/aromatic N) is 2. The van der Waals surface area contributed by atoms with Crippen molar-refractivity contribution < 1.29 is 9.53 Å². The third-order valence-corrected chi connectivity index (χ3v) is 3.97. The molecule has 1 aromatic heterocycles. The second-order valence-electron chi connectivity index (χ2n) is 2.84. The number of methoxy groups -OCH3 is 1. The van der Waals surface area contributed by atoms with E-state index in [-0.39, 0.29) is 17.1 Å². The molecule has 0 N–H and O–H groups in total. The van der Waals surface area contributed by atoms with Crippen LogP contribution in [0.1, 0.15) is 13.8 Å². The minimum Gasteiger partial charge on any atom is -0.469 e. The Balaban J connectivity index is 2.49. The van der Waals surface area contributed by atoms with Gasteiger partial charge in [-0.2, -0.15) is 4.37 Å². The predicted octanol–water partition coefficient (Wildman–Crippen LogP) is 1.83. The highest BCUT2D eigenvalue weighted by atomic mass is 32.2. The first-order chi connectivity index (χ1) is 6.65. The Morgan fingerprint density at radius 3 is 2.86 bits per heavy atom. The van der Waals surface area contributed by atoms with Gasteiger partial charge in [-0.1, -0.05) is 25.6 Å². The monoisotopic (exact) mass is 232 g/mol. The summed E-state index contributed by atoms with van der Waals surface area (Å²) in [5, 5.41) is 0.149. The molecule has 0 saturated heterocycles. The van der Waals surface area contributed by atoms with Gasteiger partial charge < -0.3 is 4.74 Å². The van der Waals surface area contributed by atoms with Crippen molar-refractivity contribution in [2.24, 2.45) is 5.92 Å². The minimum absolute atomic E-state index is 0.131. The molecule has 2 atom stereocenters. The van der Waals surface area contributed by atoms with Crippen LogP contribution in [-0.2, 0) is 9.53 Å². The van der Waals surface area contributed by atoms with Crippen LogP contribution in [0.15, 0.2) is 10.7 Å². The van der Waals surface area contributed by atoms with E-state index < -0.39 is 0 Å². The molecule has 0 aliphatic carbocycles. The fourth-order valence-electron chi connectivity index (χ4n) is 0.854. The summed E-state index contributed by atoms with van der Waals surface area (Å²) in [5.74, 6) is -0.316. The molecular formula is C8H12N2O2S2. The number of hydrogen-bond donors (Lipinski definition) is 0. The van der Waals surface area contributed by atoms with Gasteiger partial charge in [-0.05, 0) is 11.5 Å². The molecule has 0 amide bonds. The van der Waals surface area contributed by atoms with E-state index in [1.807, 2.05) is 13.8 Å². The van der Waals surface area contributed by atoms with Gasteiger partial charge in [-0.3, -0.25) is 4.79 Å². The summed E-state index contributed by atoms with van der Waals surface area (Å²) < 4.78 is 9.44. The van der Waals surface area contributed by atoms with Gasteiger partial charge in [0.05, 0.1) is 13.0 Å². The molecule has 0 fully saturated rings. The zero-order chi connectivity index (χ0) is 10.6. The van der Waals surface area contributed by atoms with Crippen LogP contribution < -0.4 is 0 Å². The smallest absolute Gasteiger partial charge is 0.309 e. The van der Waals surface area contributed by atoms with E-state index in [1.165, 1.54) is 25.0 Å². The van der Waals surface area contributed by atoms with Gasteiger partial charge in [0.2, 0.25) is 0 Å². The van der Waals surface area contributed by atoms with Crippen LogP contribution >= 0.6 is 23.3 Å². The van der Waals surface area contributed by atoms with E-state index >= 15 is 0 Å². The van der Waals surface area contributed by atoms with Crippen molar-refractivity contribution in [3.63, 3.8) is 0 Å². The Hall–Kier alpha value is -0.620. The van der Waals surface area contributed by atoms with E-state index in [4.69, 9.17) is 0 Å². The van der Waals surface area contributed by atoms with Crippen LogP contribution in [0.3, 0.4) is 0 Å². The zero-order valence-electron chi connectivity index (χ0n) is 8.26. The maximum absolute atomic E-state index is 11.2. The molecule has 1 aromatic rings. The summed E-state index contributed by atoms with van der Waals surface area (Å²) in [6, 6.07) is 0. The molecule has 1 rings (SSSR count). The average molecular weight is 232 g/mol. The predicted molar refractivity (Wildman–Crippen MR) is 56.4 cm³/mol. The van der Waals surface area contributed by atoms with Crippen molar-refractivity contribution >= 4 is 29.3 Å². The van der Waals surface area contributed by atoms with Crippen molar-refractivity contribution in [2.45, 2.75) is 23.4 Å². The Morgan fingerprint density at radius 2 is 2.36 bits per heavy atom. The summed E-state index contributed by atoms with van der Waals surface area (Å²) in [6.45, 7) is 3.83. The number of ether oxygens (including phenoxy) is 1. The maximum atomic E-state index is 11.2. The van der Waals surface area contributed by atoms with Gasteiger partial charge in [0.25, 0.3) is 0 Å². The zero-order valence-corrected chi connectivity index (χ0v) is 9.89. The van der Waals surface area contributed by atoms with Crippen molar-refractivity contribution in [1.82, 2.24) is 9.36 Å². The molecule has 0 aliphatic rings. The van der Waals surface area contributed by atoms with E-state index in [0.717, 1.165) is 4.34 Å². The van der Waals surface area contributed by atoms with Gasteiger partial charge in [0, 0.05) is 5.25 Å². The SMILES string of the molecule is COC(=O)C(C)C(C)Sc1ncns1. The van der Waals surface area contributed by atoms with Crippen LogP contribution in [0, 0.1) is 5.92 Å². The third kappa shape index (κ3) is 2.95. The summed E-state index contributed by atoms with van der Waals surface area (Å²) in [4.78, 5) is 15.3. The summed E-state index contributed by atoms with van der Waals surface area (Å²) in [7, 11) is 1.40. The van der Waals surface area contributed by atoms with Crippen LogP contribution in [0.25, 0.3) is 0 Å². The van der Waals surface area contributed by atoms with Crippen LogP contribution in [0.2, 0.25) is 0 Å². The largest absolute Gasteiger partial charge is 0.469 e. The topological polar surface area (TPSA) is 52.1 Å². The molecule has 6 heteroatoms. The fourth-order valence-corrected chi connectivity index (χ4v) is 2.63. The highest BCUT2D eigenvalue weighted by Crippen LogP contribution is 2.28. The summed E-state index contributed by atoms with van der Waals surface area (Å²) in [5.41, 5.74) is 0. The molecule has 0 radical (unpaired) electrons. The fraction of sp³-hybridized carbons (Fsp3) is 0.625. The standard InChI is InChI=1S/C8H12N2O2S2/c1-5(7(11)12-3)6(2)13-8-9-4-10-14-8/h4-6H,1-3H3. The lowest BCUT2D eigenvalue weighted by Gasteiger charge is -2.15. The third-order valence-electron chi connectivity index (χ3n) is 1.90. The van der Waals surface area contributed by atoms with Crippen molar-refractivity contribution in [3.05, 3.63) is 6.33 Å². The highest BCUT2D eigenvalue weighted by Gasteiger charge is 2.22. The molecule has 4 nitrogen and oxygen atoms in total. The van der Waals surface area contributed by atoms with E-state index in [9.17, 15) is 4.79 Å². The summed E-state index contributed by atoms with van der Waals surface area (Å²) >= 11 is 2.88. The quantitative estimate of drug-likeness (QED) is 0.585. The Morgan fingerprint density at radius 1 is 1.64 bits per heavy atom. The lowest BCUT2D eigenvalue weighted by Crippen LogP contribution is -2.21. The number of carbonyl (C=O) groups excluding carboxylic acids is 1. The Bertz CT molecular complexity index is 290. The Kier molecular flexibility index (Phi) is 4.34. The van der Waals surface area contributed by atoms with Gasteiger partial charge in [-0.25, -0.2) is 4.98 Å². The van der Waals surface area contributed by atoms with Crippen LogP contribution in [-0.4, -0.2) is 27.7 Å². The summed E-state index contributed by atoms with van der Waals surface area (Å²) in [6.07, 6.45) is 1.52. The molecule has 0 aromatic carbocycles. The minimum atomic E-state index is -0.186. The van der Waals surface area contributed by atoms with Gasteiger partial charge in [-0.15, -0.1) is 0 Å². The molecule has 1 heterocycles. The molecule has 2 unspecified atom stereocenters. The lowest BCUT2D eigenvalue weighted by atomic mass is 10.1. The lowest BCUT2D eigenvalue weighted by molar-refractivity contribution is -0.144. The molecular weight excluding hydrogens is 220 g/mol. The highest BCUT2D eigenvalue weighted by molar-refractivity contribution is 8.01. The number of carbonyl (C=O) groups is 1. The first-order valence-corrected chi connectivity index (χ1v) is 5.81. The van der Waals surface area contributed by atoms with Crippen LogP contribution in [0.5, 0.6) is 0 Å². The van der Waals surface area contributed by atoms with Gasteiger partial charge in [0.1, 0.15) is 6.33 Å². The molecule has 0 aliphatic heterocycles. The number of esters is 1. The first kappa shape index (κ1) is 11.5. The second kappa shape index (κ2) is 5.31. The molecule has 78 valence electrons. The molecule has 14 heavy (non-hydrogen) atoms. The average Bonchev–Trinajstić information content (AvgIpc) is 2.68.